The van der Waals surface area contributed by atoms with Crippen molar-refractivity contribution >= 4 is 0 Å². The van der Waals surface area contributed by atoms with Gasteiger partial charge in [-0.1, -0.05) is 25.1 Å². The lowest BCUT2D eigenvalue weighted by Crippen LogP contribution is -2.22. The highest BCUT2D eigenvalue weighted by Gasteiger charge is 2.24. The highest BCUT2D eigenvalue weighted by atomic mass is 16.3. The maximum Gasteiger partial charge on any atom is 0.105 e. The smallest absolute Gasteiger partial charge is 0.105 e. The Morgan fingerprint density at radius 1 is 1.50 bits per heavy atom. The van der Waals surface area contributed by atoms with Crippen LogP contribution >= 0.6 is 0 Å². The molecule has 58 valence electrons. The molecule has 0 aliphatic heterocycles. The summed E-state index contributed by atoms with van der Waals surface area (Å²) in [6, 6.07) is 0. The van der Waals surface area contributed by atoms with Crippen molar-refractivity contribution in [2.75, 3.05) is 0 Å². The predicted octanol–water partition coefficient (Wildman–Crippen LogP) is 2.89. The van der Waals surface area contributed by atoms with E-state index in [1.54, 1.807) is 6.08 Å². The lowest BCUT2D eigenvalue weighted by atomic mass is 9.90. The van der Waals surface area contributed by atoms with Crippen molar-refractivity contribution in [3.8, 4) is 0 Å². The van der Waals surface area contributed by atoms with Gasteiger partial charge in [-0.25, -0.2) is 0 Å². The van der Waals surface area contributed by atoms with Crippen molar-refractivity contribution in [1.29, 1.82) is 0 Å². The molecular formula is C8H15NO. The minimum absolute atomic E-state index is 0.373. The van der Waals surface area contributed by atoms with E-state index in [-0.39, 0.29) is 5.54 Å². The van der Waals surface area contributed by atoms with Gasteiger partial charge in [0, 0.05) is 0 Å². The van der Waals surface area contributed by atoms with E-state index in [0.717, 1.165) is 12.8 Å². The van der Waals surface area contributed by atoms with Gasteiger partial charge in [-0.05, 0) is 19.3 Å². The fraction of sp³-hybridized carbons (Fsp3) is 0.750. The van der Waals surface area contributed by atoms with Crippen LogP contribution < -0.4 is 0 Å². The van der Waals surface area contributed by atoms with E-state index in [9.17, 15) is 4.91 Å². The highest BCUT2D eigenvalue weighted by molar-refractivity contribution is 4.91. The van der Waals surface area contributed by atoms with Crippen molar-refractivity contribution in [1.82, 2.24) is 0 Å². The Hall–Kier alpha value is -0.660. The first-order chi connectivity index (χ1) is 4.74. The Morgan fingerprint density at radius 3 is 2.10 bits per heavy atom. The molecule has 0 unspecified atom stereocenters. The first kappa shape index (κ1) is 9.34. The second-order valence-corrected chi connectivity index (χ2v) is 2.52. The standard InChI is InChI=1S/C8H15NO/c1-4-7-8(5-2,6-3)9-10/h4H,1,5-7H2,2-3H3. The largest absolute Gasteiger partial charge is 0.150 e. The molecule has 0 aromatic heterocycles. The molecule has 0 N–H and O–H groups in total. The molecule has 0 aliphatic rings. The minimum Gasteiger partial charge on any atom is -0.150 e. The summed E-state index contributed by atoms with van der Waals surface area (Å²) in [7, 11) is 0. The number of hydrogen-bond acceptors (Lipinski definition) is 2. The third-order valence-electron chi connectivity index (χ3n) is 2.03. The highest BCUT2D eigenvalue weighted by Crippen LogP contribution is 2.24. The number of nitrogens with zero attached hydrogens (tertiary/aromatic N) is 1. The zero-order valence-corrected chi connectivity index (χ0v) is 6.76. The normalized spacial score (nSPS) is 11.0. The van der Waals surface area contributed by atoms with Crippen LogP contribution in [0.1, 0.15) is 33.1 Å². The second-order valence-electron chi connectivity index (χ2n) is 2.52. The van der Waals surface area contributed by atoms with Crippen LogP contribution in [-0.4, -0.2) is 5.54 Å². The minimum atomic E-state index is -0.373. The van der Waals surface area contributed by atoms with Crippen molar-refractivity contribution < 1.29 is 0 Å². The molecule has 0 aromatic rings. The molecule has 0 spiro atoms. The molecule has 2 heteroatoms. The van der Waals surface area contributed by atoms with E-state index in [2.05, 4.69) is 11.8 Å². The molecule has 0 aromatic carbocycles. The van der Waals surface area contributed by atoms with Gasteiger partial charge in [0.25, 0.3) is 0 Å². The van der Waals surface area contributed by atoms with Crippen LogP contribution in [-0.2, 0) is 0 Å². The molecule has 0 saturated carbocycles. The number of hydrogen-bond donors (Lipinski definition) is 0. The monoisotopic (exact) mass is 141 g/mol. The Labute approximate surface area is 62.3 Å². The SMILES string of the molecule is C=CCC(CC)(CC)N=O. The summed E-state index contributed by atoms with van der Waals surface area (Å²) in [5.74, 6) is 0. The van der Waals surface area contributed by atoms with Gasteiger partial charge in [0.15, 0.2) is 0 Å². The first-order valence-corrected chi connectivity index (χ1v) is 3.70. The Morgan fingerprint density at radius 2 is 2.00 bits per heavy atom. The maximum absolute atomic E-state index is 10.4. The molecule has 0 amide bonds. The molecule has 0 rings (SSSR count). The van der Waals surface area contributed by atoms with Crippen LogP contribution in [0.4, 0.5) is 0 Å². The summed E-state index contributed by atoms with van der Waals surface area (Å²) >= 11 is 0. The topological polar surface area (TPSA) is 29.4 Å². The first-order valence-electron chi connectivity index (χ1n) is 3.70. The van der Waals surface area contributed by atoms with Crippen molar-refractivity contribution in [3.63, 3.8) is 0 Å². The second kappa shape index (κ2) is 4.20. The van der Waals surface area contributed by atoms with Crippen molar-refractivity contribution in [2.45, 2.75) is 38.6 Å². The summed E-state index contributed by atoms with van der Waals surface area (Å²) in [4.78, 5) is 10.4. The molecular weight excluding hydrogens is 126 g/mol. The molecule has 0 heterocycles. The van der Waals surface area contributed by atoms with Crippen LogP contribution in [0.25, 0.3) is 0 Å². The Kier molecular flexibility index (Phi) is 3.93. The van der Waals surface area contributed by atoms with Gasteiger partial charge >= 0.3 is 0 Å². The van der Waals surface area contributed by atoms with Gasteiger partial charge in [-0.15, -0.1) is 6.58 Å². The van der Waals surface area contributed by atoms with Crippen LogP contribution in [0.5, 0.6) is 0 Å². The Balaban J connectivity index is 4.13. The summed E-state index contributed by atoms with van der Waals surface area (Å²) < 4.78 is 0. The van der Waals surface area contributed by atoms with Crippen molar-refractivity contribution in [3.05, 3.63) is 17.6 Å². The Bertz CT molecular complexity index is 116. The van der Waals surface area contributed by atoms with E-state index in [1.165, 1.54) is 0 Å². The lowest BCUT2D eigenvalue weighted by molar-refractivity contribution is 0.400. The zero-order valence-electron chi connectivity index (χ0n) is 6.76. The van der Waals surface area contributed by atoms with E-state index < -0.39 is 0 Å². The average Bonchev–Trinajstić information content (AvgIpc) is 2.01. The lowest BCUT2D eigenvalue weighted by Gasteiger charge is -2.20. The molecule has 0 bridgehead atoms. The molecule has 0 atom stereocenters. The maximum atomic E-state index is 10.4. The van der Waals surface area contributed by atoms with E-state index >= 15 is 0 Å². The van der Waals surface area contributed by atoms with Gasteiger partial charge in [0.2, 0.25) is 0 Å². The fourth-order valence-electron chi connectivity index (χ4n) is 0.974. The molecule has 0 aliphatic carbocycles. The van der Waals surface area contributed by atoms with Gasteiger partial charge in [0.05, 0.1) is 0 Å². The van der Waals surface area contributed by atoms with Gasteiger partial charge in [-0.2, -0.15) is 4.91 Å². The fourth-order valence-corrected chi connectivity index (χ4v) is 0.974. The van der Waals surface area contributed by atoms with Crippen LogP contribution in [0.15, 0.2) is 17.8 Å². The van der Waals surface area contributed by atoms with Gasteiger partial charge in [0.1, 0.15) is 5.54 Å². The molecule has 0 saturated heterocycles. The van der Waals surface area contributed by atoms with E-state index in [0.29, 0.717) is 6.42 Å². The molecule has 2 nitrogen and oxygen atoms in total. The summed E-state index contributed by atoms with van der Waals surface area (Å²) in [5.41, 5.74) is -0.373. The van der Waals surface area contributed by atoms with E-state index in [1.807, 2.05) is 13.8 Å². The van der Waals surface area contributed by atoms with Crippen LogP contribution in [0, 0.1) is 4.91 Å². The number of rotatable bonds is 5. The predicted molar refractivity (Wildman–Crippen MR) is 43.9 cm³/mol. The third kappa shape index (κ3) is 1.94. The molecule has 10 heavy (non-hydrogen) atoms. The summed E-state index contributed by atoms with van der Waals surface area (Å²) in [6.07, 6.45) is 4.07. The van der Waals surface area contributed by atoms with Crippen molar-refractivity contribution in [2.24, 2.45) is 5.18 Å². The molecule has 0 fully saturated rings. The third-order valence-corrected chi connectivity index (χ3v) is 2.03. The van der Waals surface area contributed by atoms with Gasteiger partial charge < -0.3 is 0 Å². The zero-order chi connectivity index (χ0) is 8.04. The van der Waals surface area contributed by atoms with Crippen LogP contribution in [0.3, 0.4) is 0 Å². The quantitative estimate of drug-likeness (QED) is 0.427. The van der Waals surface area contributed by atoms with E-state index in [4.69, 9.17) is 0 Å². The summed E-state index contributed by atoms with van der Waals surface area (Å²) in [6.45, 7) is 7.55. The summed E-state index contributed by atoms with van der Waals surface area (Å²) in [5, 5.41) is 3.12. The van der Waals surface area contributed by atoms with Crippen LogP contribution in [0.2, 0.25) is 0 Å². The average molecular weight is 141 g/mol. The number of nitroso groups, excluding NO2 is 1. The van der Waals surface area contributed by atoms with Gasteiger partial charge in [-0.3, -0.25) is 0 Å². The molecule has 0 radical (unpaired) electrons.